The molecule has 2 aromatic rings. The largest absolute Gasteiger partial charge is 0.497 e. The van der Waals surface area contributed by atoms with E-state index in [-0.39, 0.29) is 5.82 Å². The molecule has 0 aliphatic carbocycles. The van der Waals surface area contributed by atoms with E-state index in [1.165, 1.54) is 12.1 Å². The van der Waals surface area contributed by atoms with Gasteiger partial charge in [-0.25, -0.2) is 4.39 Å². The summed E-state index contributed by atoms with van der Waals surface area (Å²) in [5.41, 5.74) is 1.61. The summed E-state index contributed by atoms with van der Waals surface area (Å²) in [6, 6.07) is 11.4. The van der Waals surface area contributed by atoms with Crippen molar-refractivity contribution in [2.24, 2.45) is 0 Å². The minimum Gasteiger partial charge on any atom is -0.497 e. The van der Waals surface area contributed by atoms with Gasteiger partial charge in [-0.2, -0.15) is 0 Å². The Morgan fingerprint density at radius 2 is 1.82 bits per heavy atom. The Morgan fingerprint density at radius 3 is 2.45 bits per heavy atom. The van der Waals surface area contributed by atoms with Crippen molar-refractivity contribution in [3.8, 4) is 11.5 Å². The van der Waals surface area contributed by atoms with Gasteiger partial charge in [0.15, 0.2) is 0 Å². The van der Waals surface area contributed by atoms with Crippen LogP contribution in [0.1, 0.15) is 17.2 Å². The van der Waals surface area contributed by atoms with E-state index < -0.39 is 6.10 Å². The van der Waals surface area contributed by atoms with Gasteiger partial charge in [-0.05, 0) is 35.9 Å². The van der Waals surface area contributed by atoms with Gasteiger partial charge < -0.3 is 19.9 Å². The molecule has 0 saturated carbocycles. The van der Waals surface area contributed by atoms with Crippen LogP contribution in [-0.2, 0) is 6.54 Å². The lowest BCUT2D eigenvalue weighted by Crippen LogP contribution is -2.21. The lowest BCUT2D eigenvalue weighted by atomic mass is 10.1. The summed E-state index contributed by atoms with van der Waals surface area (Å²) >= 11 is 0. The second-order valence-electron chi connectivity index (χ2n) is 4.88. The Labute approximate surface area is 129 Å². The molecule has 2 rings (SSSR count). The van der Waals surface area contributed by atoms with Gasteiger partial charge in [0.2, 0.25) is 0 Å². The molecule has 2 aromatic carbocycles. The van der Waals surface area contributed by atoms with Crippen molar-refractivity contribution in [3.63, 3.8) is 0 Å². The zero-order valence-electron chi connectivity index (χ0n) is 12.7. The normalized spacial score (nSPS) is 12.0. The van der Waals surface area contributed by atoms with Crippen LogP contribution in [0.3, 0.4) is 0 Å². The first kappa shape index (κ1) is 16.3. The molecular formula is C17H20FNO3. The maximum absolute atomic E-state index is 12.9. The predicted octanol–water partition coefficient (Wildman–Crippen LogP) is 2.67. The second kappa shape index (κ2) is 7.77. The van der Waals surface area contributed by atoms with Crippen LogP contribution in [0, 0.1) is 5.82 Å². The number of ether oxygens (including phenoxy) is 2. The van der Waals surface area contributed by atoms with Crippen molar-refractivity contribution < 1.29 is 19.0 Å². The van der Waals surface area contributed by atoms with Crippen molar-refractivity contribution >= 4 is 0 Å². The number of halogens is 1. The molecule has 4 nitrogen and oxygen atoms in total. The molecule has 0 aliphatic rings. The fraction of sp³-hybridized carbons (Fsp3) is 0.294. The van der Waals surface area contributed by atoms with E-state index >= 15 is 0 Å². The number of rotatable bonds is 7. The molecule has 2 N–H and O–H groups in total. The van der Waals surface area contributed by atoms with Gasteiger partial charge in [-0.15, -0.1) is 0 Å². The number of aliphatic hydroxyl groups is 1. The zero-order chi connectivity index (χ0) is 15.9. The molecule has 0 heterocycles. The molecule has 0 saturated heterocycles. The minimum absolute atomic E-state index is 0.315. The summed E-state index contributed by atoms with van der Waals surface area (Å²) in [5, 5.41) is 13.2. The van der Waals surface area contributed by atoms with E-state index in [9.17, 15) is 9.50 Å². The van der Waals surface area contributed by atoms with Gasteiger partial charge in [0.1, 0.15) is 17.3 Å². The van der Waals surface area contributed by atoms with Crippen molar-refractivity contribution in [1.82, 2.24) is 5.32 Å². The first-order valence-electron chi connectivity index (χ1n) is 6.99. The summed E-state index contributed by atoms with van der Waals surface area (Å²) in [6.45, 7) is 0.880. The van der Waals surface area contributed by atoms with Gasteiger partial charge in [0, 0.05) is 18.7 Å². The highest BCUT2D eigenvalue weighted by Gasteiger charge is 2.09. The molecule has 0 amide bonds. The number of benzene rings is 2. The number of hydrogen-bond acceptors (Lipinski definition) is 4. The van der Waals surface area contributed by atoms with E-state index in [1.54, 1.807) is 26.4 Å². The second-order valence-corrected chi connectivity index (χ2v) is 4.88. The lowest BCUT2D eigenvalue weighted by Gasteiger charge is -2.14. The lowest BCUT2D eigenvalue weighted by molar-refractivity contribution is 0.174. The molecule has 22 heavy (non-hydrogen) atoms. The van der Waals surface area contributed by atoms with E-state index in [2.05, 4.69) is 5.32 Å². The van der Waals surface area contributed by atoms with Crippen molar-refractivity contribution in [3.05, 3.63) is 59.4 Å². The number of nitrogens with one attached hydrogen (secondary N) is 1. The zero-order valence-corrected chi connectivity index (χ0v) is 12.7. The molecule has 0 aromatic heterocycles. The summed E-state index contributed by atoms with van der Waals surface area (Å²) in [6.07, 6.45) is -0.697. The van der Waals surface area contributed by atoms with Crippen LogP contribution >= 0.6 is 0 Å². The summed E-state index contributed by atoms with van der Waals surface area (Å²) in [7, 11) is 3.22. The van der Waals surface area contributed by atoms with Gasteiger partial charge in [-0.1, -0.05) is 12.1 Å². The Morgan fingerprint density at radius 1 is 1.09 bits per heavy atom. The standard InChI is InChI=1S/C17H20FNO3/c1-21-15-7-8-17(22-2)13(9-15)10-19-11-16(20)12-3-5-14(18)6-4-12/h3-9,16,19-20H,10-11H2,1-2H3/t16-/m1/s1. The van der Waals surface area contributed by atoms with Gasteiger partial charge in [-0.3, -0.25) is 0 Å². The first-order chi connectivity index (χ1) is 10.6. The molecule has 0 radical (unpaired) electrons. The predicted molar refractivity (Wildman–Crippen MR) is 82.6 cm³/mol. The number of methoxy groups -OCH3 is 2. The van der Waals surface area contributed by atoms with Gasteiger partial charge in [0.25, 0.3) is 0 Å². The fourth-order valence-electron chi connectivity index (χ4n) is 2.17. The average Bonchev–Trinajstić information content (AvgIpc) is 2.55. The third-order valence-corrected chi connectivity index (χ3v) is 3.40. The van der Waals surface area contributed by atoms with Crippen molar-refractivity contribution in [2.45, 2.75) is 12.6 Å². The van der Waals surface area contributed by atoms with E-state index in [4.69, 9.17) is 9.47 Å². The quantitative estimate of drug-likeness (QED) is 0.826. The molecule has 0 bridgehead atoms. The number of aliphatic hydroxyl groups excluding tert-OH is 1. The molecular weight excluding hydrogens is 285 g/mol. The SMILES string of the molecule is COc1ccc(OC)c(CNC[C@@H](O)c2ccc(F)cc2)c1. The fourth-order valence-corrected chi connectivity index (χ4v) is 2.17. The average molecular weight is 305 g/mol. The van der Waals surface area contributed by atoms with Crippen LogP contribution in [0.4, 0.5) is 4.39 Å². The maximum atomic E-state index is 12.9. The molecule has 118 valence electrons. The molecule has 0 aliphatic heterocycles. The highest BCUT2D eigenvalue weighted by atomic mass is 19.1. The van der Waals surface area contributed by atoms with Crippen LogP contribution in [0.25, 0.3) is 0 Å². The minimum atomic E-state index is -0.697. The van der Waals surface area contributed by atoms with Crippen LogP contribution in [0.2, 0.25) is 0 Å². The topological polar surface area (TPSA) is 50.7 Å². The van der Waals surface area contributed by atoms with Gasteiger partial charge >= 0.3 is 0 Å². The van der Waals surface area contributed by atoms with Crippen LogP contribution in [-0.4, -0.2) is 25.9 Å². The number of hydrogen-bond donors (Lipinski definition) is 2. The van der Waals surface area contributed by atoms with Gasteiger partial charge in [0.05, 0.1) is 20.3 Å². The molecule has 0 spiro atoms. The Bertz CT molecular complexity index is 601. The monoisotopic (exact) mass is 305 g/mol. The first-order valence-corrected chi connectivity index (χ1v) is 6.99. The smallest absolute Gasteiger partial charge is 0.123 e. The van der Waals surface area contributed by atoms with Crippen LogP contribution in [0.15, 0.2) is 42.5 Å². The van der Waals surface area contributed by atoms with Crippen LogP contribution < -0.4 is 14.8 Å². The summed E-state index contributed by atoms with van der Waals surface area (Å²) < 4.78 is 23.3. The maximum Gasteiger partial charge on any atom is 0.123 e. The molecule has 0 unspecified atom stereocenters. The third kappa shape index (κ3) is 4.19. The van der Waals surface area contributed by atoms with Crippen LogP contribution in [0.5, 0.6) is 11.5 Å². The van der Waals surface area contributed by atoms with Crippen molar-refractivity contribution in [2.75, 3.05) is 20.8 Å². The summed E-state index contributed by atoms with van der Waals surface area (Å²) in [5.74, 6) is 1.19. The van der Waals surface area contributed by atoms with Crippen molar-refractivity contribution in [1.29, 1.82) is 0 Å². The highest BCUT2D eigenvalue weighted by Crippen LogP contribution is 2.24. The molecule has 0 fully saturated rings. The Balaban J connectivity index is 1.94. The Kier molecular flexibility index (Phi) is 5.75. The Hall–Kier alpha value is -2.11. The summed E-state index contributed by atoms with van der Waals surface area (Å²) in [4.78, 5) is 0. The van der Waals surface area contributed by atoms with E-state index in [0.717, 1.165) is 17.1 Å². The van der Waals surface area contributed by atoms with E-state index in [0.29, 0.717) is 18.7 Å². The highest BCUT2D eigenvalue weighted by molar-refractivity contribution is 5.40. The third-order valence-electron chi connectivity index (χ3n) is 3.40. The molecule has 5 heteroatoms. The van der Waals surface area contributed by atoms with E-state index in [1.807, 2.05) is 18.2 Å². The molecule has 1 atom stereocenters.